The monoisotopic (exact) mass is 373 g/mol. The van der Waals surface area contributed by atoms with E-state index in [1.54, 1.807) is 12.1 Å². The van der Waals surface area contributed by atoms with Crippen molar-refractivity contribution in [1.29, 1.82) is 0 Å². The van der Waals surface area contributed by atoms with E-state index >= 15 is 0 Å². The third kappa shape index (κ3) is 5.36. The van der Waals surface area contributed by atoms with Gasteiger partial charge < -0.3 is 14.3 Å². The second-order valence-corrected chi connectivity index (χ2v) is 5.79. The molecule has 0 aromatic heterocycles. The van der Waals surface area contributed by atoms with E-state index in [2.05, 4.69) is 9.89 Å². The Balaban J connectivity index is 2.15. The molecule has 2 aromatic carbocycles. The van der Waals surface area contributed by atoms with Crippen molar-refractivity contribution in [3.63, 3.8) is 0 Å². The van der Waals surface area contributed by atoms with Crippen LogP contribution in [0.25, 0.3) is 5.76 Å². The van der Waals surface area contributed by atoms with E-state index in [1.165, 1.54) is 20.3 Å². The summed E-state index contributed by atoms with van der Waals surface area (Å²) in [7, 11) is 2.81. The number of benzene rings is 2. The van der Waals surface area contributed by atoms with Crippen LogP contribution in [0.15, 0.2) is 59.8 Å². The number of carbonyl (C=O) groups excluding carboxylic acids is 1. The minimum Gasteiger partial charge on any atom is -0.496 e. The van der Waals surface area contributed by atoms with Crippen molar-refractivity contribution in [3.8, 4) is 0 Å². The van der Waals surface area contributed by atoms with Crippen molar-refractivity contribution in [2.24, 2.45) is 5.16 Å². The van der Waals surface area contributed by atoms with Gasteiger partial charge in [-0.1, -0.05) is 53.2 Å². The highest BCUT2D eigenvalue weighted by atomic mass is 35.5. The number of carbonyl (C=O) groups is 1. The van der Waals surface area contributed by atoms with Gasteiger partial charge in [-0.15, -0.1) is 0 Å². The van der Waals surface area contributed by atoms with Crippen molar-refractivity contribution in [1.82, 2.24) is 0 Å². The van der Waals surface area contributed by atoms with Gasteiger partial charge in [-0.05, 0) is 24.6 Å². The Bertz CT molecular complexity index is 813. The predicted octanol–water partition coefficient (Wildman–Crippen LogP) is 4.44. The smallest absolute Gasteiger partial charge is 0.334 e. The molecule has 0 atom stereocenters. The van der Waals surface area contributed by atoms with Crippen molar-refractivity contribution < 1.29 is 19.1 Å². The summed E-state index contributed by atoms with van der Waals surface area (Å²) < 4.78 is 9.97. The zero-order valence-corrected chi connectivity index (χ0v) is 15.6. The summed E-state index contributed by atoms with van der Waals surface area (Å²) in [6.45, 7) is 2.08. The summed E-state index contributed by atoms with van der Waals surface area (Å²) in [5.41, 5.74) is 3.22. The number of halogens is 1. The van der Waals surface area contributed by atoms with Gasteiger partial charge in [0.2, 0.25) is 0 Å². The van der Waals surface area contributed by atoms with Crippen LogP contribution in [0.3, 0.4) is 0 Å². The number of ether oxygens (including phenoxy) is 2. The molecule has 0 aliphatic heterocycles. The average molecular weight is 374 g/mol. The largest absolute Gasteiger partial charge is 0.496 e. The topological polar surface area (TPSA) is 57.1 Å². The van der Waals surface area contributed by atoms with Crippen LogP contribution >= 0.6 is 11.6 Å². The van der Waals surface area contributed by atoms with Crippen LogP contribution in [-0.4, -0.2) is 25.9 Å². The summed E-state index contributed by atoms with van der Waals surface area (Å²) in [6.07, 6.45) is 1.29. The lowest BCUT2D eigenvalue weighted by atomic mass is 10.1. The average Bonchev–Trinajstić information content (AvgIpc) is 2.66. The Hall–Kier alpha value is -2.79. The molecule has 0 aliphatic carbocycles. The quantitative estimate of drug-likeness (QED) is 0.237. The van der Waals surface area contributed by atoms with Crippen molar-refractivity contribution in [3.05, 3.63) is 76.3 Å². The summed E-state index contributed by atoms with van der Waals surface area (Å²) >= 11 is 5.89. The van der Waals surface area contributed by atoms with Gasteiger partial charge >= 0.3 is 5.97 Å². The van der Waals surface area contributed by atoms with Gasteiger partial charge in [-0.3, -0.25) is 0 Å². The van der Waals surface area contributed by atoms with E-state index in [9.17, 15) is 4.79 Å². The number of nitrogens with zero attached hydrogens (tertiary/aromatic N) is 1. The molecule has 26 heavy (non-hydrogen) atoms. The van der Waals surface area contributed by atoms with Gasteiger partial charge in [0, 0.05) is 16.1 Å². The van der Waals surface area contributed by atoms with Gasteiger partial charge in [-0.25, -0.2) is 4.79 Å². The fourth-order valence-electron chi connectivity index (χ4n) is 2.24. The normalized spacial score (nSPS) is 11.8. The molecule has 0 unspecified atom stereocenters. The van der Waals surface area contributed by atoms with Crippen LogP contribution in [0.2, 0.25) is 5.02 Å². The summed E-state index contributed by atoms with van der Waals surface area (Å²) in [6, 6.07) is 14.8. The highest BCUT2D eigenvalue weighted by Gasteiger charge is 2.11. The standard InChI is InChI=1S/C20H20ClNO4/c1-14(15-8-10-17(21)11-9-15)22-26-13-16-6-4-5-7-18(16)19(24-2)12-20(23)25-3/h4-12H,13H2,1-3H3/b19-12+,22-14?. The maximum atomic E-state index is 11.5. The zero-order chi connectivity index (χ0) is 18.9. The number of rotatable bonds is 7. The van der Waals surface area contributed by atoms with Crippen molar-refractivity contribution in [2.75, 3.05) is 14.2 Å². The van der Waals surface area contributed by atoms with Crippen LogP contribution in [0.1, 0.15) is 23.6 Å². The number of oxime groups is 1. The molecule has 2 aromatic rings. The number of hydrogen-bond acceptors (Lipinski definition) is 5. The lowest BCUT2D eigenvalue weighted by Gasteiger charge is -2.11. The molecule has 2 rings (SSSR count). The maximum Gasteiger partial charge on any atom is 0.334 e. The first-order valence-corrected chi connectivity index (χ1v) is 8.27. The van der Waals surface area contributed by atoms with Crippen LogP contribution in [0.4, 0.5) is 0 Å². The third-order valence-corrected chi connectivity index (χ3v) is 3.89. The minimum atomic E-state index is -0.492. The Morgan fingerprint density at radius 3 is 2.42 bits per heavy atom. The van der Waals surface area contributed by atoms with E-state index in [0.29, 0.717) is 10.8 Å². The van der Waals surface area contributed by atoms with E-state index < -0.39 is 5.97 Å². The fraction of sp³-hybridized carbons (Fsp3) is 0.200. The summed E-state index contributed by atoms with van der Waals surface area (Å²) in [5, 5.41) is 4.81. The zero-order valence-electron chi connectivity index (χ0n) is 14.9. The molecule has 0 amide bonds. The minimum absolute atomic E-state index is 0.225. The summed E-state index contributed by atoms with van der Waals surface area (Å²) in [4.78, 5) is 17.0. The van der Waals surface area contributed by atoms with Crippen LogP contribution in [0, 0.1) is 0 Å². The van der Waals surface area contributed by atoms with E-state index in [4.69, 9.17) is 21.2 Å². The molecule has 5 nitrogen and oxygen atoms in total. The Labute approximate surface area is 157 Å². The molecular formula is C20H20ClNO4. The molecular weight excluding hydrogens is 354 g/mol. The Kier molecular flexibility index (Phi) is 7.24. The van der Waals surface area contributed by atoms with Crippen LogP contribution in [-0.2, 0) is 25.7 Å². The van der Waals surface area contributed by atoms with E-state index in [1.807, 2.05) is 43.3 Å². The van der Waals surface area contributed by atoms with Gasteiger partial charge in [-0.2, -0.15) is 0 Å². The highest BCUT2D eigenvalue weighted by molar-refractivity contribution is 6.30. The highest BCUT2D eigenvalue weighted by Crippen LogP contribution is 2.21. The molecule has 0 heterocycles. The molecule has 0 spiro atoms. The molecule has 0 saturated carbocycles. The molecule has 0 saturated heterocycles. The van der Waals surface area contributed by atoms with Crippen molar-refractivity contribution >= 4 is 29.0 Å². The molecule has 0 aliphatic rings. The van der Waals surface area contributed by atoms with Crippen LogP contribution < -0.4 is 0 Å². The van der Waals surface area contributed by atoms with Crippen LogP contribution in [0.5, 0.6) is 0 Å². The van der Waals surface area contributed by atoms with Gasteiger partial charge in [0.05, 0.1) is 26.0 Å². The summed E-state index contributed by atoms with van der Waals surface area (Å²) in [5.74, 6) is -0.0939. The molecule has 6 heteroatoms. The molecule has 0 fully saturated rings. The number of methoxy groups -OCH3 is 2. The van der Waals surface area contributed by atoms with Gasteiger partial charge in [0.1, 0.15) is 12.4 Å². The lowest BCUT2D eigenvalue weighted by molar-refractivity contribution is -0.134. The second kappa shape index (κ2) is 9.63. The first-order valence-electron chi connectivity index (χ1n) is 7.89. The van der Waals surface area contributed by atoms with Gasteiger partial charge in [0.15, 0.2) is 0 Å². The molecule has 0 bridgehead atoms. The molecule has 0 radical (unpaired) electrons. The van der Waals surface area contributed by atoms with Gasteiger partial charge in [0.25, 0.3) is 0 Å². The van der Waals surface area contributed by atoms with E-state index in [-0.39, 0.29) is 6.61 Å². The Morgan fingerprint density at radius 1 is 1.08 bits per heavy atom. The second-order valence-electron chi connectivity index (χ2n) is 5.35. The SMILES string of the molecule is COC(=O)/C=C(/OC)c1ccccc1CON=C(C)c1ccc(Cl)cc1. The number of hydrogen-bond donors (Lipinski definition) is 0. The van der Waals surface area contributed by atoms with E-state index in [0.717, 1.165) is 22.4 Å². The molecule has 136 valence electrons. The number of esters is 1. The fourth-order valence-corrected chi connectivity index (χ4v) is 2.37. The van der Waals surface area contributed by atoms with Crippen molar-refractivity contribution in [2.45, 2.75) is 13.5 Å². The first kappa shape index (κ1) is 19.5. The lowest BCUT2D eigenvalue weighted by Crippen LogP contribution is -2.02. The Morgan fingerprint density at radius 2 is 1.77 bits per heavy atom. The first-order chi connectivity index (χ1) is 12.5. The third-order valence-electron chi connectivity index (χ3n) is 3.64. The maximum absolute atomic E-state index is 11.5. The molecule has 0 N–H and O–H groups in total. The predicted molar refractivity (Wildman–Crippen MR) is 102 cm³/mol.